The molecule has 0 saturated carbocycles. The number of alkyl carbamates (subject to hydrolysis) is 1. The fourth-order valence-corrected chi connectivity index (χ4v) is 2.28. The summed E-state index contributed by atoms with van der Waals surface area (Å²) in [6, 6.07) is 8.64. The van der Waals surface area contributed by atoms with Gasteiger partial charge in [0.25, 0.3) is 0 Å². The van der Waals surface area contributed by atoms with Gasteiger partial charge in [-0.2, -0.15) is 0 Å². The van der Waals surface area contributed by atoms with Gasteiger partial charge in [-0.05, 0) is 12.0 Å². The summed E-state index contributed by atoms with van der Waals surface area (Å²) >= 11 is 0. The largest absolute Gasteiger partial charge is 0.467 e. The minimum atomic E-state index is -0.668. The van der Waals surface area contributed by atoms with E-state index in [1.165, 1.54) is 14.2 Å². The summed E-state index contributed by atoms with van der Waals surface area (Å²) in [6.45, 7) is 1.95. The predicted octanol–water partition coefficient (Wildman–Crippen LogP) is -2.32. The standard InChI is InChI=1S/C13H17NO4.B11/c1-3-11(12(15)17-2)14-13(16)18-9-10-7-5-4-6-8-10;1-7-10(6)11(8(2)3)9(4)5/h4-8,11H,3,9H2,1-2H3,(H,14,16);/t11-;/m1./s1. The molecule has 1 rings (SSSR count). The molecular weight excluding hydrogens is 353 g/mol. The molecule has 13 radical (unpaired) electrons. The minimum Gasteiger partial charge on any atom is -0.467 e. The lowest BCUT2D eigenvalue weighted by Gasteiger charge is -2.25. The number of rotatable bonds is 9. The number of ether oxygens (including phenoxy) is 2. The van der Waals surface area contributed by atoms with Crippen molar-refractivity contribution >= 4 is 91.1 Å². The zero-order chi connectivity index (χ0) is 22.4. The van der Waals surface area contributed by atoms with Gasteiger partial charge in [0, 0.05) is 79.0 Å². The van der Waals surface area contributed by atoms with Crippen molar-refractivity contribution in [2.75, 3.05) is 7.11 Å². The van der Waals surface area contributed by atoms with Crippen LogP contribution in [0, 0.1) is 0 Å². The van der Waals surface area contributed by atoms with Crippen LogP contribution in [-0.4, -0.2) is 104 Å². The second kappa shape index (κ2) is 15.5. The highest BCUT2D eigenvalue weighted by atomic mass is 16.6. The summed E-state index contributed by atoms with van der Waals surface area (Å²) in [5, 5.41) is 2.45. The van der Waals surface area contributed by atoms with Gasteiger partial charge in [0.15, 0.2) is 0 Å². The van der Waals surface area contributed by atoms with Crippen molar-refractivity contribution in [1.82, 2.24) is 5.32 Å². The van der Waals surface area contributed by atoms with Crippen molar-refractivity contribution in [2.24, 2.45) is 0 Å². The predicted molar refractivity (Wildman–Crippen MR) is 129 cm³/mol. The number of methoxy groups -OCH3 is 1. The average molecular weight is 370 g/mol. The molecular formula is C13H17B11NO4. The van der Waals surface area contributed by atoms with Gasteiger partial charge >= 0.3 is 12.1 Å². The zero-order valence-corrected chi connectivity index (χ0v) is 16.9. The topological polar surface area (TPSA) is 64.6 Å². The number of hydrogen-bond acceptors (Lipinski definition) is 4. The quantitative estimate of drug-likeness (QED) is 0.392. The van der Waals surface area contributed by atoms with Crippen molar-refractivity contribution in [2.45, 2.75) is 26.0 Å². The number of carbonyl (C=O) groups is 2. The molecule has 1 aromatic rings. The number of benzene rings is 1. The summed E-state index contributed by atoms with van der Waals surface area (Å²) < 4.78 is 9.55. The molecule has 1 atom stereocenters. The maximum Gasteiger partial charge on any atom is 0.408 e. The average Bonchev–Trinajstić information content (AvgIpc) is 2.70. The van der Waals surface area contributed by atoms with Crippen LogP contribution in [0.3, 0.4) is 0 Å². The van der Waals surface area contributed by atoms with E-state index in [2.05, 4.69) is 10.1 Å². The molecule has 1 aromatic carbocycles. The van der Waals surface area contributed by atoms with Gasteiger partial charge in [0.1, 0.15) is 12.6 Å². The van der Waals surface area contributed by atoms with Crippen LogP contribution in [0.2, 0.25) is 0 Å². The summed E-state index contributed by atoms with van der Waals surface area (Å²) in [5.74, 6) is -0.478. The number of hydrogen-bond donors (Lipinski definition) is 1. The number of esters is 1. The highest BCUT2D eigenvalue weighted by Crippen LogP contribution is 2.01. The molecule has 0 aliphatic heterocycles. The molecule has 0 aliphatic rings. The fraction of sp³-hybridized carbons (Fsp3) is 0.385. The van der Waals surface area contributed by atoms with E-state index in [0.717, 1.165) is 5.56 Å². The molecule has 1 amide bonds. The van der Waals surface area contributed by atoms with Crippen LogP contribution >= 0.6 is 0 Å². The Hall–Kier alpha value is -1.33. The highest BCUT2D eigenvalue weighted by Gasteiger charge is 2.26. The van der Waals surface area contributed by atoms with Crippen LogP contribution in [-0.2, 0) is 20.9 Å². The first-order valence-corrected chi connectivity index (χ1v) is 9.05. The number of nitrogens with one attached hydrogen (secondary N) is 1. The number of amides is 1. The molecule has 0 saturated heterocycles. The molecule has 131 valence electrons. The van der Waals surface area contributed by atoms with Crippen LogP contribution in [0.1, 0.15) is 18.9 Å². The summed E-state index contributed by atoms with van der Waals surface area (Å²) in [5.41, 5.74) is 0.888. The smallest absolute Gasteiger partial charge is 0.408 e. The van der Waals surface area contributed by atoms with Crippen molar-refractivity contribution in [1.29, 1.82) is 0 Å². The second-order valence-electron chi connectivity index (χ2n) is 6.19. The normalized spacial score (nSPS) is 10.3. The lowest BCUT2D eigenvalue weighted by atomic mass is 8.56. The Morgan fingerprint density at radius 3 is 2.03 bits per heavy atom. The molecule has 29 heavy (non-hydrogen) atoms. The third kappa shape index (κ3) is 11.4. The molecule has 0 bridgehead atoms. The van der Waals surface area contributed by atoms with Crippen molar-refractivity contribution in [3.8, 4) is 0 Å². The van der Waals surface area contributed by atoms with E-state index in [0.29, 0.717) is 6.42 Å². The molecule has 0 aromatic heterocycles. The lowest BCUT2D eigenvalue weighted by Crippen LogP contribution is -2.63. The Morgan fingerprint density at radius 2 is 1.66 bits per heavy atom. The minimum absolute atomic E-state index is 0.171. The van der Waals surface area contributed by atoms with Gasteiger partial charge < -0.3 is 14.8 Å². The lowest BCUT2D eigenvalue weighted by molar-refractivity contribution is -0.143. The van der Waals surface area contributed by atoms with Gasteiger partial charge in [0.05, 0.1) is 7.11 Å². The fourth-order valence-electron chi connectivity index (χ4n) is 2.28. The van der Waals surface area contributed by atoms with Crippen LogP contribution in [0.4, 0.5) is 4.79 Å². The van der Waals surface area contributed by atoms with E-state index in [-0.39, 0.29) is 13.0 Å². The van der Waals surface area contributed by atoms with Crippen molar-refractivity contribution < 1.29 is 19.1 Å². The summed E-state index contributed by atoms with van der Waals surface area (Å²) in [7, 11) is 34.8. The van der Waals surface area contributed by atoms with Crippen LogP contribution in [0.15, 0.2) is 30.3 Å². The Balaban J connectivity index is 0.000000614. The van der Waals surface area contributed by atoms with Crippen LogP contribution in [0.25, 0.3) is 0 Å². The zero-order valence-electron chi connectivity index (χ0n) is 16.9. The van der Waals surface area contributed by atoms with Crippen LogP contribution < -0.4 is 5.32 Å². The third-order valence-corrected chi connectivity index (χ3v) is 3.95. The summed E-state index contributed by atoms with van der Waals surface area (Å²) in [6.07, 6.45) is -2.33. The SMILES string of the molecule is CC[C@@H](NC(=O)OCc1ccccc1)C(=O)OC.[B][B]B([B])B(B([B])[B])B([B])[B]. The first-order chi connectivity index (χ1) is 13.7. The molecule has 0 fully saturated rings. The van der Waals surface area contributed by atoms with E-state index in [1.807, 2.05) is 30.3 Å². The Morgan fingerprint density at radius 1 is 1.10 bits per heavy atom. The second-order valence-corrected chi connectivity index (χ2v) is 6.19. The van der Waals surface area contributed by atoms with Gasteiger partial charge in [-0.3, -0.25) is 0 Å². The number of carbonyl (C=O) groups excluding carboxylic acids is 2. The molecule has 0 aliphatic carbocycles. The first-order valence-electron chi connectivity index (χ1n) is 9.05. The summed E-state index contributed by atoms with van der Waals surface area (Å²) in [4.78, 5) is 22.7. The monoisotopic (exact) mass is 372 g/mol. The third-order valence-electron chi connectivity index (χ3n) is 3.95. The maximum atomic E-state index is 11.5. The first kappa shape index (κ1) is 27.7. The highest BCUT2D eigenvalue weighted by molar-refractivity contribution is 8.01. The van der Waals surface area contributed by atoms with E-state index in [9.17, 15) is 9.59 Å². The molecule has 5 nitrogen and oxygen atoms in total. The molecule has 0 heterocycles. The van der Waals surface area contributed by atoms with Crippen LogP contribution in [0.5, 0.6) is 0 Å². The van der Waals surface area contributed by atoms with E-state index in [1.54, 1.807) is 6.92 Å². The Bertz CT molecular complexity index is 587. The Kier molecular flexibility index (Phi) is 14.8. The maximum absolute atomic E-state index is 11.5. The molecule has 0 unspecified atom stereocenters. The van der Waals surface area contributed by atoms with Crippen molar-refractivity contribution in [3.05, 3.63) is 35.9 Å². The van der Waals surface area contributed by atoms with Crippen molar-refractivity contribution in [3.63, 3.8) is 0 Å². The van der Waals surface area contributed by atoms with Gasteiger partial charge in [-0.15, -0.1) is 0 Å². The Labute approximate surface area is 184 Å². The van der Waals surface area contributed by atoms with Gasteiger partial charge in [0.2, 0.25) is 0 Å². The molecule has 1 N–H and O–H groups in total. The van der Waals surface area contributed by atoms with E-state index >= 15 is 0 Å². The van der Waals surface area contributed by atoms with Gasteiger partial charge in [-0.1, -0.05) is 37.3 Å². The molecule has 16 heteroatoms. The van der Waals surface area contributed by atoms with E-state index in [4.69, 9.17) is 51.2 Å². The van der Waals surface area contributed by atoms with E-state index < -0.39 is 37.3 Å². The van der Waals surface area contributed by atoms with Gasteiger partial charge in [-0.25, -0.2) is 9.59 Å². The molecule has 0 spiro atoms.